The molecule has 8 heteroatoms. The predicted octanol–water partition coefficient (Wildman–Crippen LogP) is 1.57. The molecule has 0 amide bonds. The predicted molar refractivity (Wildman–Crippen MR) is 76.0 cm³/mol. The molecule has 110 valence electrons. The van der Waals surface area contributed by atoms with E-state index in [9.17, 15) is 10.1 Å². The number of hydrogen-bond acceptors (Lipinski definition) is 6. The zero-order chi connectivity index (χ0) is 14.7. The number of rotatable bonds is 5. The van der Waals surface area contributed by atoms with Gasteiger partial charge in [-0.05, 0) is 18.9 Å². The van der Waals surface area contributed by atoms with Crippen LogP contribution in [0.25, 0.3) is 0 Å². The monoisotopic (exact) mass is 288 g/mol. The second kappa shape index (κ2) is 5.86. The summed E-state index contributed by atoms with van der Waals surface area (Å²) in [5.74, 6) is 2.68. The number of fused-ring (bicyclic) bond motifs is 1. The van der Waals surface area contributed by atoms with Crippen molar-refractivity contribution in [1.82, 2.24) is 19.7 Å². The Hall–Kier alpha value is -2.51. The Balaban J connectivity index is 1.56. The second-order valence-corrected chi connectivity index (χ2v) is 4.98. The van der Waals surface area contributed by atoms with E-state index in [-0.39, 0.29) is 5.69 Å². The molecule has 3 rings (SSSR count). The van der Waals surface area contributed by atoms with E-state index >= 15 is 0 Å². The van der Waals surface area contributed by atoms with E-state index in [1.54, 1.807) is 6.07 Å². The van der Waals surface area contributed by atoms with E-state index < -0.39 is 4.92 Å². The SMILES string of the molecule is O=[N+]([O-])c1ccc(NCCc2nnc3n2CCCC3)nc1. The first-order valence-electron chi connectivity index (χ1n) is 6.99. The van der Waals surface area contributed by atoms with Gasteiger partial charge in [0.1, 0.15) is 23.7 Å². The highest BCUT2D eigenvalue weighted by Crippen LogP contribution is 2.15. The first kappa shape index (κ1) is 13.5. The molecule has 1 aliphatic rings. The van der Waals surface area contributed by atoms with Crippen LogP contribution in [0.5, 0.6) is 0 Å². The van der Waals surface area contributed by atoms with Gasteiger partial charge in [0.05, 0.1) is 4.92 Å². The number of anilines is 1. The Kier molecular flexibility index (Phi) is 3.76. The number of pyridine rings is 1. The summed E-state index contributed by atoms with van der Waals surface area (Å²) in [5.41, 5.74) is -0.00734. The smallest absolute Gasteiger partial charge is 0.287 e. The third-order valence-corrected chi connectivity index (χ3v) is 3.55. The number of aryl methyl sites for hydroxylation is 1. The lowest BCUT2D eigenvalue weighted by atomic mass is 10.1. The molecule has 0 spiro atoms. The molecular formula is C13H16N6O2. The van der Waals surface area contributed by atoms with Crippen molar-refractivity contribution in [2.45, 2.75) is 32.2 Å². The van der Waals surface area contributed by atoms with Crippen LogP contribution < -0.4 is 5.32 Å². The van der Waals surface area contributed by atoms with Crippen molar-refractivity contribution < 1.29 is 4.92 Å². The van der Waals surface area contributed by atoms with Crippen LogP contribution in [0.3, 0.4) is 0 Å². The lowest BCUT2D eigenvalue weighted by Gasteiger charge is -2.14. The fourth-order valence-electron chi connectivity index (χ4n) is 2.45. The lowest BCUT2D eigenvalue weighted by Crippen LogP contribution is -2.15. The summed E-state index contributed by atoms with van der Waals surface area (Å²) in [5, 5.41) is 22.1. The van der Waals surface area contributed by atoms with Crippen molar-refractivity contribution >= 4 is 11.5 Å². The van der Waals surface area contributed by atoms with E-state index in [1.807, 2.05) is 0 Å². The minimum absolute atomic E-state index is 0.00734. The first-order valence-corrected chi connectivity index (χ1v) is 6.99. The summed E-state index contributed by atoms with van der Waals surface area (Å²) < 4.78 is 2.19. The molecule has 0 saturated heterocycles. The summed E-state index contributed by atoms with van der Waals surface area (Å²) in [6.07, 6.45) is 5.37. The lowest BCUT2D eigenvalue weighted by molar-refractivity contribution is -0.385. The number of nitro groups is 1. The molecule has 0 fully saturated rings. The van der Waals surface area contributed by atoms with Gasteiger partial charge in [0.15, 0.2) is 0 Å². The first-order chi connectivity index (χ1) is 10.2. The highest BCUT2D eigenvalue weighted by Gasteiger charge is 2.15. The van der Waals surface area contributed by atoms with Crippen molar-refractivity contribution in [2.75, 3.05) is 11.9 Å². The van der Waals surface area contributed by atoms with Crippen molar-refractivity contribution in [2.24, 2.45) is 0 Å². The van der Waals surface area contributed by atoms with E-state index in [0.29, 0.717) is 12.4 Å². The number of nitrogens with zero attached hydrogens (tertiary/aromatic N) is 5. The Morgan fingerprint density at radius 3 is 3.00 bits per heavy atom. The van der Waals surface area contributed by atoms with Crippen LogP contribution >= 0.6 is 0 Å². The molecule has 8 nitrogen and oxygen atoms in total. The largest absolute Gasteiger partial charge is 0.370 e. The van der Waals surface area contributed by atoms with Gasteiger partial charge in [-0.25, -0.2) is 4.98 Å². The molecule has 2 aromatic heterocycles. The third-order valence-electron chi connectivity index (χ3n) is 3.55. The quantitative estimate of drug-likeness (QED) is 0.662. The topological polar surface area (TPSA) is 98.8 Å². The van der Waals surface area contributed by atoms with Gasteiger partial charge in [-0.3, -0.25) is 10.1 Å². The van der Waals surface area contributed by atoms with Crippen LogP contribution in [0.2, 0.25) is 0 Å². The van der Waals surface area contributed by atoms with Crippen molar-refractivity contribution in [1.29, 1.82) is 0 Å². The molecular weight excluding hydrogens is 272 g/mol. The Morgan fingerprint density at radius 2 is 2.24 bits per heavy atom. The minimum atomic E-state index is -0.459. The van der Waals surface area contributed by atoms with E-state index in [0.717, 1.165) is 31.0 Å². The van der Waals surface area contributed by atoms with Crippen LogP contribution in [0, 0.1) is 10.1 Å². The zero-order valence-corrected chi connectivity index (χ0v) is 11.5. The molecule has 3 heterocycles. The molecule has 1 aliphatic heterocycles. The summed E-state index contributed by atoms with van der Waals surface area (Å²) in [6.45, 7) is 1.66. The van der Waals surface area contributed by atoms with Gasteiger partial charge < -0.3 is 9.88 Å². The number of nitrogens with one attached hydrogen (secondary N) is 1. The minimum Gasteiger partial charge on any atom is -0.370 e. The summed E-state index contributed by atoms with van der Waals surface area (Å²) in [4.78, 5) is 14.1. The Morgan fingerprint density at radius 1 is 1.33 bits per heavy atom. The molecule has 1 N–H and O–H groups in total. The van der Waals surface area contributed by atoms with Crippen LogP contribution in [0.1, 0.15) is 24.5 Å². The van der Waals surface area contributed by atoms with Gasteiger partial charge in [-0.1, -0.05) is 0 Å². The average Bonchev–Trinajstić information content (AvgIpc) is 2.91. The standard InChI is InChI=1S/C13H16N6O2/c20-19(21)10-4-5-11(15-9-10)14-7-6-13-17-16-12-3-1-2-8-18(12)13/h4-5,9H,1-3,6-8H2,(H,14,15). The maximum Gasteiger partial charge on any atom is 0.287 e. The molecule has 0 atom stereocenters. The molecule has 0 saturated carbocycles. The number of hydrogen-bond donors (Lipinski definition) is 1. The molecule has 0 unspecified atom stereocenters. The van der Waals surface area contributed by atoms with Crippen LogP contribution in [-0.4, -0.2) is 31.2 Å². The summed E-state index contributed by atoms with van der Waals surface area (Å²) >= 11 is 0. The highest BCUT2D eigenvalue weighted by molar-refractivity contribution is 5.40. The van der Waals surface area contributed by atoms with Crippen LogP contribution in [0.4, 0.5) is 11.5 Å². The van der Waals surface area contributed by atoms with Crippen LogP contribution in [0.15, 0.2) is 18.3 Å². The van der Waals surface area contributed by atoms with Crippen molar-refractivity contribution in [3.05, 3.63) is 40.1 Å². The van der Waals surface area contributed by atoms with E-state index in [4.69, 9.17) is 0 Å². The molecule has 0 aliphatic carbocycles. The molecule has 0 radical (unpaired) electrons. The number of aromatic nitrogens is 4. The maximum absolute atomic E-state index is 10.5. The fourth-order valence-corrected chi connectivity index (χ4v) is 2.45. The van der Waals surface area contributed by atoms with Gasteiger partial charge in [0.2, 0.25) is 0 Å². The normalized spacial score (nSPS) is 13.7. The fraction of sp³-hybridized carbons (Fsp3) is 0.462. The van der Waals surface area contributed by atoms with Crippen molar-refractivity contribution in [3.8, 4) is 0 Å². The van der Waals surface area contributed by atoms with Crippen molar-refractivity contribution in [3.63, 3.8) is 0 Å². The molecule has 21 heavy (non-hydrogen) atoms. The average molecular weight is 288 g/mol. The third kappa shape index (κ3) is 2.99. The van der Waals surface area contributed by atoms with E-state index in [2.05, 4.69) is 25.1 Å². The van der Waals surface area contributed by atoms with Gasteiger partial charge in [-0.2, -0.15) is 0 Å². The Bertz CT molecular complexity index is 637. The molecule has 0 aromatic carbocycles. The van der Waals surface area contributed by atoms with E-state index in [1.165, 1.54) is 25.1 Å². The Labute approximate surface area is 121 Å². The maximum atomic E-state index is 10.5. The second-order valence-electron chi connectivity index (χ2n) is 4.98. The summed E-state index contributed by atoms with van der Waals surface area (Å²) in [6, 6.07) is 3.05. The van der Waals surface area contributed by atoms with Gasteiger partial charge in [0.25, 0.3) is 5.69 Å². The zero-order valence-electron chi connectivity index (χ0n) is 11.5. The summed E-state index contributed by atoms with van der Waals surface area (Å²) in [7, 11) is 0. The van der Waals surface area contributed by atoms with Gasteiger partial charge in [0, 0.05) is 32.0 Å². The van der Waals surface area contributed by atoms with Gasteiger partial charge in [-0.15, -0.1) is 10.2 Å². The molecule has 0 bridgehead atoms. The van der Waals surface area contributed by atoms with Crippen LogP contribution in [-0.2, 0) is 19.4 Å². The van der Waals surface area contributed by atoms with Gasteiger partial charge >= 0.3 is 0 Å². The highest BCUT2D eigenvalue weighted by atomic mass is 16.6. The molecule has 2 aromatic rings.